The molecule has 2 nitrogen and oxygen atoms in total. The fourth-order valence-electron chi connectivity index (χ4n) is 1.06. The Bertz CT molecular complexity index is 110. The Labute approximate surface area is 75.3 Å². The average molecular weight is 171 g/mol. The first kappa shape index (κ1) is 11.5. The van der Waals surface area contributed by atoms with Crippen LogP contribution in [-0.4, -0.2) is 13.1 Å². The van der Waals surface area contributed by atoms with E-state index in [-0.39, 0.29) is 0 Å². The van der Waals surface area contributed by atoms with Crippen LogP contribution in [0.1, 0.15) is 40.0 Å². The zero-order valence-corrected chi connectivity index (χ0v) is 8.30. The Balaban J connectivity index is 3.21. The van der Waals surface area contributed by atoms with Crippen LogP contribution < -0.4 is 0 Å². The molecule has 0 aliphatic heterocycles. The van der Waals surface area contributed by atoms with Crippen molar-refractivity contribution in [1.82, 2.24) is 0 Å². The second-order valence-electron chi connectivity index (χ2n) is 3.80. The van der Waals surface area contributed by atoms with Gasteiger partial charge in [0.2, 0.25) is 0 Å². The van der Waals surface area contributed by atoms with Crippen molar-refractivity contribution in [2.24, 2.45) is 11.8 Å². The lowest BCUT2D eigenvalue weighted by Gasteiger charge is -2.11. The van der Waals surface area contributed by atoms with E-state index in [4.69, 9.17) is 0 Å². The summed E-state index contributed by atoms with van der Waals surface area (Å²) in [5.74, 6) is 1.42. The Kier molecular flexibility index (Phi) is 6.82. The normalized spacial score (nSPS) is 13.0. The van der Waals surface area contributed by atoms with Gasteiger partial charge in [0.25, 0.3) is 0 Å². The van der Waals surface area contributed by atoms with Crippen molar-refractivity contribution in [2.75, 3.05) is 6.61 Å². The second-order valence-corrected chi connectivity index (χ2v) is 3.80. The number of hydrogen-bond acceptors (Lipinski definition) is 2. The van der Waals surface area contributed by atoms with Gasteiger partial charge in [-0.15, -0.1) is 0 Å². The lowest BCUT2D eigenvalue weighted by Crippen LogP contribution is -2.02. The smallest absolute Gasteiger partial charge is 0.417 e. The molecule has 1 atom stereocenters. The molecule has 0 heterocycles. The van der Waals surface area contributed by atoms with Crippen LogP contribution >= 0.6 is 0 Å². The topological polar surface area (TPSA) is 26.3 Å². The van der Waals surface area contributed by atoms with Crippen molar-refractivity contribution in [3.63, 3.8) is 0 Å². The number of rotatable bonds is 7. The molecule has 0 aliphatic rings. The highest BCUT2D eigenvalue weighted by Crippen LogP contribution is 2.14. The number of hydrogen-bond donors (Lipinski definition) is 0. The van der Waals surface area contributed by atoms with Gasteiger partial charge in [-0.2, -0.15) is 0 Å². The molecule has 0 aromatic rings. The van der Waals surface area contributed by atoms with Crippen molar-refractivity contribution < 1.29 is 9.53 Å². The van der Waals surface area contributed by atoms with Crippen molar-refractivity contribution in [3.05, 3.63) is 0 Å². The molecule has 0 amide bonds. The van der Waals surface area contributed by atoms with Crippen molar-refractivity contribution in [2.45, 2.75) is 40.0 Å². The Morgan fingerprint density at radius 2 is 1.83 bits per heavy atom. The molecule has 0 rings (SSSR count). The third kappa shape index (κ3) is 7.58. The maximum atomic E-state index is 9.71. The maximum Gasteiger partial charge on any atom is 0.417 e. The van der Waals surface area contributed by atoms with Crippen LogP contribution in [0.5, 0.6) is 0 Å². The number of carbonyl (C=O) groups excluding carboxylic acids is 1. The summed E-state index contributed by atoms with van der Waals surface area (Å²) in [4.78, 5) is 9.71. The standard InChI is InChI=1S/C10H19O2/c1-9(2)4-5-10(3)6-7-12-8-11/h9-10H,4-7H2,1-3H3. The lowest BCUT2D eigenvalue weighted by atomic mass is 9.97. The molecule has 2 heteroatoms. The molecule has 0 saturated heterocycles. The molecule has 0 aromatic carbocycles. The first-order chi connectivity index (χ1) is 5.66. The van der Waals surface area contributed by atoms with Gasteiger partial charge in [-0.05, 0) is 18.3 Å². The largest absolute Gasteiger partial charge is 0.457 e. The predicted molar refractivity (Wildman–Crippen MR) is 49.5 cm³/mol. The lowest BCUT2D eigenvalue weighted by molar-refractivity contribution is 0.246. The Hall–Kier alpha value is -0.530. The maximum absolute atomic E-state index is 9.71. The van der Waals surface area contributed by atoms with E-state index in [1.165, 1.54) is 19.3 Å². The zero-order chi connectivity index (χ0) is 9.40. The van der Waals surface area contributed by atoms with E-state index in [9.17, 15) is 4.79 Å². The van der Waals surface area contributed by atoms with Gasteiger partial charge in [0, 0.05) is 0 Å². The summed E-state index contributed by atoms with van der Waals surface area (Å²) >= 11 is 0. The van der Waals surface area contributed by atoms with Gasteiger partial charge in [-0.3, -0.25) is 0 Å². The summed E-state index contributed by atoms with van der Waals surface area (Å²) in [6.45, 7) is 8.59. The van der Waals surface area contributed by atoms with Crippen LogP contribution in [0.25, 0.3) is 0 Å². The monoisotopic (exact) mass is 171 g/mol. The minimum absolute atomic E-state index is 0.517. The van der Waals surface area contributed by atoms with E-state index in [2.05, 4.69) is 25.5 Å². The fourth-order valence-corrected chi connectivity index (χ4v) is 1.06. The van der Waals surface area contributed by atoms with Gasteiger partial charge in [0.1, 0.15) is 0 Å². The minimum atomic E-state index is 0.517. The van der Waals surface area contributed by atoms with Gasteiger partial charge in [-0.25, -0.2) is 4.79 Å². The highest BCUT2D eigenvalue weighted by Gasteiger charge is 2.03. The van der Waals surface area contributed by atoms with Crippen LogP contribution in [-0.2, 0) is 9.53 Å². The van der Waals surface area contributed by atoms with Crippen LogP contribution in [0.4, 0.5) is 0 Å². The molecule has 0 N–H and O–H groups in total. The van der Waals surface area contributed by atoms with Gasteiger partial charge in [-0.1, -0.05) is 33.6 Å². The third-order valence-electron chi connectivity index (χ3n) is 2.01. The molecule has 0 fully saturated rings. The van der Waals surface area contributed by atoms with E-state index in [1.807, 2.05) is 0 Å². The molecule has 0 saturated carbocycles. The summed E-state index contributed by atoms with van der Waals surface area (Å²) < 4.78 is 4.51. The van der Waals surface area contributed by atoms with Gasteiger partial charge >= 0.3 is 6.47 Å². The third-order valence-corrected chi connectivity index (χ3v) is 2.01. The molecule has 71 valence electrons. The average Bonchev–Trinajstić information content (AvgIpc) is 2.01. The molecule has 0 aliphatic carbocycles. The highest BCUT2D eigenvalue weighted by molar-refractivity contribution is 5.37. The molecular formula is C10H19O2. The summed E-state index contributed by atoms with van der Waals surface area (Å²) in [5.41, 5.74) is 0. The SMILES string of the molecule is CC(C)CCC(C)CCO[C]=O. The van der Waals surface area contributed by atoms with Crippen LogP contribution in [0.15, 0.2) is 0 Å². The molecule has 1 radical (unpaired) electrons. The van der Waals surface area contributed by atoms with E-state index in [0.29, 0.717) is 12.5 Å². The quantitative estimate of drug-likeness (QED) is 0.550. The van der Waals surface area contributed by atoms with E-state index in [1.54, 1.807) is 0 Å². The molecule has 0 spiro atoms. The van der Waals surface area contributed by atoms with E-state index >= 15 is 0 Å². The first-order valence-electron chi connectivity index (χ1n) is 4.65. The predicted octanol–water partition coefficient (Wildman–Crippen LogP) is 2.53. The van der Waals surface area contributed by atoms with Crippen LogP contribution in [0.2, 0.25) is 0 Å². The van der Waals surface area contributed by atoms with Crippen molar-refractivity contribution in [3.8, 4) is 0 Å². The summed E-state index contributed by atoms with van der Waals surface area (Å²) in [6.07, 6.45) is 3.44. The van der Waals surface area contributed by atoms with Crippen LogP contribution in [0.3, 0.4) is 0 Å². The Morgan fingerprint density at radius 1 is 1.17 bits per heavy atom. The van der Waals surface area contributed by atoms with Crippen LogP contribution in [0, 0.1) is 11.8 Å². The second kappa shape index (κ2) is 7.14. The highest BCUT2D eigenvalue weighted by atomic mass is 16.5. The summed E-state index contributed by atoms with van der Waals surface area (Å²) in [7, 11) is 0. The molecule has 1 unspecified atom stereocenters. The minimum Gasteiger partial charge on any atom is -0.457 e. The van der Waals surface area contributed by atoms with Crippen molar-refractivity contribution >= 4 is 6.47 Å². The molecule has 12 heavy (non-hydrogen) atoms. The Morgan fingerprint density at radius 3 is 2.33 bits per heavy atom. The fraction of sp³-hybridized carbons (Fsp3) is 0.900. The van der Waals surface area contributed by atoms with Crippen molar-refractivity contribution in [1.29, 1.82) is 0 Å². The first-order valence-corrected chi connectivity index (χ1v) is 4.65. The zero-order valence-electron chi connectivity index (χ0n) is 8.30. The summed E-state index contributed by atoms with van der Waals surface area (Å²) in [6, 6.07) is 0. The molecular weight excluding hydrogens is 152 g/mol. The van der Waals surface area contributed by atoms with Gasteiger partial charge in [0.05, 0.1) is 6.61 Å². The number of ether oxygens (including phenoxy) is 1. The van der Waals surface area contributed by atoms with E-state index in [0.717, 1.165) is 12.3 Å². The molecule has 0 bridgehead atoms. The van der Waals surface area contributed by atoms with Gasteiger partial charge < -0.3 is 4.74 Å². The molecule has 0 aromatic heterocycles. The van der Waals surface area contributed by atoms with E-state index < -0.39 is 0 Å². The van der Waals surface area contributed by atoms with Gasteiger partial charge in [0.15, 0.2) is 0 Å². The summed E-state index contributed by atoms with van der Waals surface area (Å²) in [5, 5.41) is 0.